The highest BCUT2D eigenvalue weighted by atomic mass is 35.5. The molecular formula is C10H14Cl2. The first-order valence-electron chi connectivity index (χ1n) is 3.96. The minimum absolute atomic E-state index is 0.171. The highest BCUT2D eigenvalue weighted by Gasteiger charge is 1.86. The summed E-state index contributed by atoms with van der Waals surface area (Å²) in [4.78, 5) is -0.171. The second-order valence-corrected chi connectivity index (χ2v) is 3.73. The molecule has 12 heavy (non-hydrogen) atoms. The van der Waals surface area contributed by atoms with Gasteiger partial charge < -0.3 is 0 Å². The largest absolute Gasteiger partial charge is 0.107 e. The van der Waals surface area contributed by atoms with Gasteiger partial charge in [-0.05, 0) is 13.3 Å². The first kappa shape index (κ1) is 11.8. The minimum atomic E-state index is -0.171. The van der Waals surface area contributed by atoms with Gasteiger partial charge in [0.2, 0.25) is 0 Å². The van der Waals surface area contributed by atoms with Crippen LogP contribution in [0.2, 0.25) is 0 Å². The van der Waals surface area contributed by atoms with E-state index in [9.17, 15) is 0 Å². The minimum Gasteiger partial charge on any atom is -0.105 e. The lowest BCUT2D eigenvalue weighted by Crippen LogP contribution is -1.75. The first-order chi connectivity index (χ1) is 5.66. The highest BCUT2D eigenvalue weighted by molar-refractivity contribution is 6.44. The van der Waals surface area contributed by atoms with Crippen LogP contribution in [0.4, 0.5) is 0 Å². The van der Waals surface area contributed by atoms with Gasteiger partial charge in [-0.3, -0.25) is 0 Å². The van der Waals surface area contributed by atoms with Gasteiger partial charge in [-0.2, -0.15) is 0 Å². The number of hydrogen-bond donors (Lipinski definition) is 0. The summed E-state index contributed by atoms with van der Waals surface area (Å²) >= 11 is 10.5. The van der Waals surface area contributed by atoms with Gasteiger partial charge in [-0.1, -0.05) is 42.8 Å². The van der Waals surface area contributed by atoms with E-state index < -0.39 is 0 Å². The molecule has 0 atom stereocenters. The third-order valence-corrected chi connectivity index (χ3v) is 1.87. The SMILES string of the molecule is CCC(Cl)Cl.Cc1ccccc1. The number of halogens is 2. The molecule has 68 valence electrons. The Balaban J connectivity index is 0.000000217. The summed E-state index contributed by atoms with van der Waals surface area (Å²) in [5.74, 6) is 0. The van der Waals surface area contributed by atoms with Crippen molar-refractivity contribution in [1.82, 2.24) is 0 Å². The van der Waals surface area contributed by atoms with Crippen molar-refractivity contribution < 1.29 is 0 Å². The molecule has 0 radical (unpaired) electrons. The van der Waals surface area contributed by atoms with Crippen LogP contribution in [-0.4, -0.2) is 4.84 Å². The molecule has 1 aromatic carbocycles. The number of aryl methyl sites for hydroxylation is 1. The quantitative estimate of drug-likeness (QED) is 0.603. The van der Waals surface area contributed by atoms with Crippen LogP contribution in [0.5, 0.6) is 0 Å². The van der Waals surface area contributed by atoms with Crippen molar-refractivity contribution in [3.8, 4) is 0 Å². The molecule has 0 amide bonds. The predicted octanol–water partition coefficient (Wildman–Crippen LogP) is 4.20. The Morgan fingerprint density at radius 3 is 1.75 bits per heavy atom. The summed E-state index contributed by atoms with van der Waals surface area (Å²) in [7, 11) is 0. The summed E-state index contributed by atoms with van der Waals surface area (Å²) in [5, 5.41) is 0. The van der Waals surface area contributed by atoms with Gasteiger partial charge in [0.15, 0.2) is 0 Å². The molecule has 0 saturated carbocycles. The van der Waals surface area contributed by atoms with Crippen LogP contribution < -0.4 is 0 Å². The highest BCUT2D eigenvalue weighted by Crippen LogP contribution is 2.03. The first-order valence-corrected chi connectivity index (χ1v) is 4.84. The molecule has 0 fully saturated rings. The summed E-state index contributed by atoms with van der Waals surface area (Å²) < 4.78 is 0. The molecule has 0 unspecified atom stereocenters. The van der Waals surface area contributed by atoms with Crippen molar-refractivity contribution in [2.75, 3.05) is 0 Å². The lowest BCUT2D eigenvalue weighted by molar-refractivity contribution is 1.04. The average Bonchev–Trinajstić information content (AvgIpc) is 2.07. The van der Waals surface area contributed by atoms with E-state index in [4.69, 9.17) is 23.2 Å². The van der Waals surface area contributed by atoms with Gasteiger partial charge in [-0.25, -0.2) is 0 Å². The molecule has 0 N–H and O–H groups in total. The van der Waals surface area contributed by atoms with Crippen LogP contribution in [0.3, 0.4) is 0 Å². The Bertz CT molecular complexity index is 182. The second-order valence-electron chi connectivity index (χ2n) is 2.45. The third kappa shape index (κ3) is 7.90. The van der Waals surface area contributed by atoms with Crippen molar-refractivity contribution in [1.29, 1.82) is 0 Å². The summed E-state index contributed by atoms with van der Waals surface area (Å²) in [5.41, 5.74) is 1.32. The fourth-order valence-electron chi connectivity index (χ4n) is 0.534. The Kier molecular flexibility index (Phi) is 7.33. The summed E-state index contributed by atoms with van der Waals surface area (Å²) in [6.45, 7) is 4.02. The van der Waals surface area contributed by atoms with Crippen LogP contribution in [0, 0.1) is 6.92 Å². The van der Waals surface area contributed by atoms with E-state index in [2.05, 4.69) is 19.1 Å². The summed E-state index contributed by atoms with van der Waals surface area (Å²) in [6.07, 6.45) is 0.836. The van der Waals surface area contributed by atoms with E-state index in [0.717, 1.165) is 6.42 Å². The smallest absolute Gasteiger partial charge is 0.105 e. The average molecular weight is 205 g/mol. The zero-order valence-electron chi connectivity index (χ0n) is 7.43. The Labute approximate surface area is 84.5 Å². The van der Waals surface area contributed by atoms with Gasteiger partial charge in [0, 0.05) is 0 Å². The second kappa shape index (κ2) is 7.45. The fraction of sp³-hybridized carbons (Fsp3) is 0.400. The van der Waals surface area contributed by atoms with Gasteiger partial charge >= 0.3 is 0 Å². The Morgan fingerprint density at radius 1 is 1.17 bits per heavy atom. The van der Waals surface area contributed by atoms with Gasteiger partial charge in [0.25, 0.3) is 0 Å². The van der Waals surface area contributed by atoms with Gasteiger partial charge in [0.1, 0.15) is 4.84 Å². The normalized spacial score (nSPS) is 9.08. The number of alkyl halides is 2. The van der Waals surface area contributed by atoms with Gasteiger partial charge in [0.05, 0.1) is 0 Å². The van der Waals surface area contributed by atoms with Crippen LogP contribution in [0.25, 0.3) is 0 Å². The number of rotatable bonds is 1. The number of benzene rings is 1. The lowest BCUT2D eigenvalue weighted by atomic mass is 10.2. The molecule has 0 nitrogen and oxygen atoms in total. The zero-order chi connectivity index (χ0) is 9.40. The van der Waals surface area contributed by atoms with Crippen molar-refractivity contribution >= 4 is 23.2 Å². The Hall–Kier alpha value is -0.200. The molecule has 1 aromatic rings. The van der Waals surface area contributed by atoms with Crippen LogP contribution in [0.1, 0.15) is 18.9 Å². The molecule has 0 aromatic heterocycles. The predicted molar refractivity (Wildman–Crippen MR) is 57.0 cm³/mol. The molecule has 0 bridgehead atoms. The molecule has 2 heteroatoms. The standard InChI is InChI=1S/C7H8.C3H6Cl2/c1-7-5-3-2-4-6-7;1-2-3(4)5/h2-6H,1H3;3H,2H2,1H3. The van der Waals surface area contributed by atoms with Crippen LogP contribution >= 0.6 is 23.2 Å². The Morgan fingerprint density at radius 2 is 1.58 bits per heavy atom. The van der Waals surface area contributed by atoms with E-state index in [1.54, 1.807) is 0 Å². The fourth-order valence-corrected chi connectivity index (χ4v) is 0.534. The molecule has 0 spiro atoms. The molecule has 1 rings (SSSR count). The molecule has 0 aliphatic carbocycles. The van der Waals surface area contributed by atoms with Crippen molar-refractivity contribution in [2.24, 2.45) is 0 Å². The maximum atomic E-state index is 5.23. The topological polar surface area (TPSA) is 0 Å². The van der Waals surface area contributed by atoms with E-state index >= 15 is 0 Å². The zero-order valence-corrected chi connectivity index (χ0v) is 8.94. The third-order valence-electron chi connectivity index (χ3n) is 1.25. The monoisotopic (exact) mass is 204 g/mol. The van der Waals surface area contributed by atoms with Crippen molar-refractivity contribution in [3.63, 3.8) is 0 Å². The number of hydrogen-bond acceptors (Lipinski definition) is 0. The van der Waals surface area contributed by atoms with Crippen molar-refractivity contribution in [3.05, 3.63) is 35.9 Å². The molecule has 0 heterocycles. The van der Waals surface area contributed by atoms with E-state index in [0.29, 0.717) is 0 Å². The van der Waals surface area contributed by atoms with E-state index in [-0.39, 0.29) is 4.84 Å². The summed E-state index contributed by atoms with van der Waals surface area (Å²) in [6, 6.07) is 10.3. The van der Waals surface area contributed by atoms with Gasteiger partial charge in [-0.15, -0.1) is 23.2 Å². The molecule has 0 aliphatic heterocycles. The molecule has 0 saturated heterocycles. The maximum absolute atomic E-state index is 5.23. The molecule has 0 aliphatic rings. The van der Waals surface area contributed by atoms with Crippen LogP contribution in [-0.2, 0) is 0 Å². The van der Waals surface area contributed by atoms with E-state index in [1.165, 1.54) is 5.56 Å². The lowest BCUT2D eigenvalue weighted by Gasteiger charge is -1.84. The molecular weight excluding hydrogens is 191 g/mol. The van der Waals surface area contributed by atoms with E-state index in [1.807, 2.05) is 25.1 Å². The van der Waals surface area contributed by atoms with Crippen LogP contribution in [0.15, 0.2) is 30.3 Å². The van der Waals surface area contributed by atoms with Crippen molar-refractivity contribution in [2.45, 2.75) is 25.1 Å². The maximum Gasteiger partial charge on any atom is 0.107 e.